The number of hydrogen-bond donors (Lipinski definition) is 2. The van der Waals surface area contributed by atoms with Crippen LogP contribution in [-0.2, 0) is 4.79 Å². The maximum atomic E-state index is 10.9. The number of rotatable bonds is 4. The molecule has 0 saturated heterocycles. The second kappa shape index (κ2) is 5.38. The van der Waals surface area contributed by atoms with Crippen molar-refractivity contribution in [3.05, 3.63) is 0 Å². The minimum atomic E-state index is -0.532. The summed E-state index contributed by atoms with van der Waals surface area (Å²) in [4.78, 5) is 10.9. The lowest BCUT2D eigenvalue weighted by atomic mass is 10.2. The Morgan fingerprint density at radius 3 is 2.55 bits per heavy atom. The molecule has 0 aliphatic carbocycles. The van der Waals surface area contributed by atoms with Gasteiger partial charge < -0.3 is 10.4 Å². The van der Waals surface area contributed by atoms with E-state index < -0.39 is 5.38 Å². The topological polar surface area (TPSA) is 49.3 Å². The monoisotopic (exact) mass is 179 g/mol. The van der Waals surface area contributed by atoms with Crippen molar-refractivity contribution < 1.29 is 9.90 Å². The van der Waals surface area contributed by atoms with E-state index in [9.17, 15) is 4.79 Å². The molecule has 66 valence electrons. The highest BCUT2D eigenvalue weighted by atomic mass is 35.5. The van der Waals surface area contributed by atoms with Gasteiger partial charge in [0.15, 0.2) is 0 Å². The molecule has 0 fully saturated rings. The van der Waals surface area contributed by atoms with Crippen LogP contribution in [0.5, 0.6) is 0 Å². The summed E-state index contributed by atoms with van der Waals surface area (Å²) in [7, 11) is 0. The summed E-state index contributed by atoms with van der Waals surface area (Å²) in [5.74, 6) is -0.229. The average molecular weight is 180 g/mol. The van der Waals surface area contributed by atoms with E-state index in [0.717, 1.165) is 0 Å². The van der Waals surface area contributed by atoms with Crippen LogP contribution in [0.3, 0.4) is 0 Å². The number of carbonyl (C=O) groups is 1. The molecule has 0 radical (unpaired) electrons. The second-order valence-electron chi connectivity index (χ2n) is 2.41. The molecule has 4 heteroatoms. The first-order chi connectivity index (χ1) is 5.11. The first kappa shape index (κ1) is 10.7. The van der Waals surface area contributed by atoms with Crippen LogP contribution < -0.4 is 5.32 Å². The van der Waals surface area contributed by atoms with E-state index in [1.165, 1.54) is 0 Å². The number of carbonyl (C=O) groups excluding carboxylic acids is 1. The Kier molecular flexibility index (Phi) is 5.24. The van der Waals surface area contributed by atoms with Crippen molar-refractivity contribution in [1.82, 2.24) is 5.32 Å². The summed E-state index contributed by atoms with van der Waals surface area (Å²) >= 11 is 5.49. The highest BCUT2D eigenvalue weighted by Crippen LogP contribution is 1.95. The first-order valence-electron chi connectivity index (χ1n) is 3.67. The van der Waals surface area contributed by atoms with Gasteiger partial charge in [0, 0.05) is 0 Å². The smallest absolute Gasteiger partial charge is 0.238 e. The van der Waals surface area contributed by atoms with Gasteiger partial charge in [0.1, 0.15) is 5.38 Å². The Morgan fingerprint density at radius 2 is 2.27 bits per heavy atom. The predicted molar refractivity (Wildman–Crippen MR) is 44.6 cm³/mol. The maximum Gasteiger partial charge on any atom is 0.238 e. The molecule has 0 heterocycles. The Balaban J connectivity index is 3.72. The molecule has 0 aromatic heterocycles. The number of nitrogens with one attached hydrogen (secondary N) is 1. The average Bonchev–Trinajstić information content (AvgIpc) is 1.99. The van der Waals surface area contributed by atoms with Crippen LogP contribution in [0.25, 0.3) is 0 Å². The number of hydrogen-bond acceptors (Lipinski definition) is 2. The molecular weight excluding hydrogens is 166 g/mol. The number of alkyl halides is 1. The molecule has 0 aromatic carbocycles. The Morgan fingerprint density at radius 1 is 1.73 bits per heavy atom. The van der Waals surface area contributed by atoms with Crippen molar-refractivity contribution in [2.45, 2.75) is 31.7 Å². The van der Waals surface area contributed by atoms with Crippen molar-refractivity contribution in [3.63, 3.8) is 0 Å². The van der Waals surface area contributed by atoms with Crippen LogP contribution in [0.2, 0.25) is 0 Å². The third kappa shape index (κ3) is 4.22. The molecular formula is C7H14ClNO2. The molecule has 2 N–H and O–H groups in total. The molecule has 2 atom stereocenters. The quantitative estimate of drug-likeness (QED) is 0.618. The van der Waals surface area contributed by atoms with Gasteiger partial charge in [0.05, 0.1) is 12.6 Å². The Hall–Kier alpha value is -0.280. The molecule has 3 nitrogen and oxygen atoms in total. The van der Waals surface area contributed by atoms with Gasteiger partial charge in [-0.05, 0) is 13.3 Å². The van der Waals surface area contributed by atoms with Gasteiger partial charge in [-0.15, -0.1) is 11.6 Å². The molecule has 0 saturated carbocycles. The molecule has 1 amide bonds. The fraction of sp³-hybridized carbons (Fsp3) is 0.857. The van der Waals surface area contributed by atoms with Gasteiger partial charge in [-0.1, -0.05) is 6.92 Å². The van der Waals surface area contributed by atoms with Crippen molar-refractivity contribution in [1.29, 1.82) is 0 Å². The largest absolute Gasteiger partial charge is 0.394 e. The molecule has 1 unspecified atom stereocenters. The van der Waals surface area contributed by atoms with Gasteiger partial charge in [-0.2, -0.15) is 0 Å². The Bertz CT molecular complexity index is 124. The summed E-state index contributed by atoms with van der Waals surface area (Å²) in [6.07, 6.45) is 0.714. The van der Waals surface area contributed by atoms with E-state index in [1.54, 1.807) is 6.92 Å². The van der Waals surface area contributed by atoms with Crippen LogP contribution in [0.15, 0.2) is 0 Å². The first-order valence-corrected chi connectivity index (χ1v) is 4.10. The van der Waals surface area contributed by atoms with E-state index in [-0.39, 0.29) is 18.6 Å². The molecule has 0 rings (SSSR count). The van der Waals surface area contributed by atoms with Crippen LogP contribution in [0.4, 0.5) is 0 Å². The second-order valence-corrected chi connectivity index (χ2v) is 3.07. The maximum absolute atomic E-state index is 10.9. The van der Waals surface area contributed by atoms with E-state index in [4.69, 9.17) is 16.7 Å². The van der Waals surface area contributed by atoms with Crippen LogP contribution in [0, 0.1) is 0 Å². The lowest BCUT2D eigenvalue weighted by Gasteiger charge is -2.14. The fourth-order valence-corrected chi connectivity index (χ4v) is 0.656. The predicted octanol–water partition coefficient (Wildman–Crippen LogP) is 0.501. The van der Waals surface area contributed by atoms with Crippen LogP contribution in [-0.4, -0.2) is 29.0 Å². The Labute approximate surface area is 71.7 Å². The lowest BCUT2D eigenvalue weighted by Crippen LogP contribution is -2.40. The van der Waals surface area contributed by atoms with Crippen molar-refractivity contribution in [3.8, 4) is 0 Å². The highest BCUT2D eigenvalue weighted by Gasteiger charge is 2.12. The van der Waals surface area contributed by atoms with Gasteiger partial charge in [-0.3, -0.25) is 4.79 Å². The number of amides is 1. The van der Waals surface area contributed by atoms with Crippen molar-refractivity contribution in [2.24, 2.45) is 0 Å². The summed E-state index contributed by atoms with van der Waals surface area (Å²) in [5.41, 5.74) is 0. The zero-order valence-electron chi connectivity index (χ0n) is 6.80. The minimum Gasteiger partial charge on any atom is -0.394 e. The normalized spacial score (nSPS) is 15.6. The molecule has 0 spiro atoms. The zero-order chi connectivity index (χ0) is 8.85. The molecule has 0 aromatic rings. The number of aliphatic hydroxyl groups is 1. The summed E-state index contributed by atoms with van der Waals surface area (Å²) < 4.78 is 0. The van der Waals surface area contributed by atoms with Gasteiger partial charge in [0.25, 0.3) is 0 Å². The van der Waals surface area contributed by atoms with Gasteiger partial charge in [-0.25, -0.2) is 0 Å². The van der Waals surface area contributed by atoms with Crippen molar-refractivity contribution in [2.75, 3.05) is 6.61 Å². The molecule has 0 bridgehead atoms. The zero-order valence-corrected chi connectivity index (χ0v) is 7.56. The number of aliphatic hydroxyl groups excluding tert-OH is 1. The molecule has 0 aliphatic heterocycles. The highest BCUT2D eigenvalue weighted by molar-refractivity contribution is 6.30. The minimum absolute atomic E-state index is 0.0359. The lowest BCUT2D eigenvalue weighted by molar-refractivity contribution is -0.121. The third-order valence-electron chi connectivity index (χ3n) is 1.42. The van der Waals surface area contributed by atoms with E-state index in [0.29, 0.717) is 6.42 Å². The summed E-state index contributed by atoms with van der Waals surface area (Å²) in [5, 5.41) is 10.8. The van der Waals surface area contributed by atoms with E-state index in [2.05, 4.69) is 5.32 Å². The van der Waals surface area contributed by atoms with Crippen molar-refractivity contribution >= 4 is 17.5 Å². The number of halogens is 1. The fourth-order valence-electron chi connectivity index (χ4n) is 0.593. The third-order valence-corrected chi connectivity index (χ3v) is 1.62. The van der Waals surface area contributed by atoms with Crippen LogP contribution >= 0.6 is 11.6 Å². The van der Waals surface area contributed by atoms with Crippen LogP contribution in [0.1, 0.15) is 20.3 Å². The van der Waals surface area contributed by atoms with Gasteiger partial charge in [0.2, 0.25) is 5.91 Å². The molecule has 11 heavy (non-hydrogen) atoms. The standard InChI is InChI=1S/C7H14ClNO2/c1-3-6(4-10)9-7(11)5(2)8/h5-6,10H,3-4H2,1-2H3,(H,9,11)/t5?,6-/m0/s1. The molecule has 0 aliphatic rings. The van der Waals surface area contributed by atoms with E-state index >= 15 is 0 Å². The summed E-state index contributed by atoms with van der Waals surface area (Å²) in [6, 6.07) is -0.163. The van der Waals surface area contributed by atoms with E-state index in [1.807, 2.05) is 6.92 Å². The SMILES string of the molecule is CC[C@@H](CO)NC(=O)C(C)Cl. The summed E-state index contributed by atoms with van der Waals surface area (Å²) in [6.45, 7) is 3.45. The van der Waals surface area contributed by atoms with Gasteiger partial charge >= 0.3 is 0 Å².